The predicted octanol–water partition coefficient (Wildman–Crippen LogP) is 2.98. The van der Waals surface area contributed by atoms with Gasteiger partial charge in [0.25, 0.3) is 0 Å². The monoisotopic (exact) mass is 641 g/mol. The Balaban J connectivity index is 1.16. The number of rotatable bonds is 7. The third-order valence-electron chi connectivity index (χ3n) is 12.1. The first-order chi connectivity index (χ1) is 21.5. The van der Waals surface area contributed by atoms with Crippen LogP contribution in [0, 0.1) is 45.8 Å². The first kappa shape index (κ1) is 31.0. The predicted molar refractivity (Wildman–Crippen MR) is 156 cm³/mol. The largest absolute Gasteiger partial charge is 0.471 e. The normalized spacial score (nSPS) is 37.4. The number of hydrogen-bond donors (Lipinski definition) is 4. The smallest absolute Gasteiger partial charge is 0.390 e. The van der Waals surface area contributed by atoms with Crippen LogP contribution in [-0.4, -0.2) is 70.1 Å². The van der Waals surface area contributed by atoms with E-state index in [9.17, 15) is 42.7 Å². The number of para-hydroxylation sites is 1. The first-order valence-corrected chi connectivity index (χ1v) is 16.1. The first-order valence-electron chi connectivity index (χ1n) is 16.1. The lowest BCUT2D eigenvalue weighted by Crippen LogP contribution is -2.68. The van der Waals surface area contributed by atoms with Gasteiger partial charge >= 0.3 is 12.1 Å². The number of fused-ring (bicyclic) bond motifs is 2. The molecule has 46 heavy (non-hydrogen) atoms. The maximum Gasteiger partial charge on any atom is 0.471 e. The van der Waals surface area contributed by atoms with Gasteiger partial charge < -0.3 is 26.0 Å². The Morgan fingerprint density at radius 2 is 1.80 bits per heavy atom. The van der Waals surface area contributed by atoms with Gasteiger partial charge in [0.15, 0.2) is 0 Å². The van der Waals surface area contributed by atoms with Crippen LogP contribution in [0.25, 0.3) is 0 Å². The van der Waals surface area contributed by atoms with Gasteiger partial charge in [0, 0.05) is 17.6 Å². The second-order valence-corrected chi connectivity index (χ2v) is 15.4. The van der Waals surface area contributed by atoms with Gasteiger partial charge in [-0.05, 0) is 85.7 Å². The molecule has 10 nitrogen and oxygen atoms in total. The van der Waals surface area contributed by atoms with Crippen LogP contribution < -0.4 is 16.0 Å². The van der Waals surface area contributed by atoms with Crippen molar-refractivity contribution in [2.75, 3.05) is 11.9 Å². The quantitative estimate of drug-likeness (QED) is 0.360. The summed E-state index contributed by atoms with van der Waals surface area (Å²) in [5.41, 5.74) is -1.16. The molecule has 1 aromatic rings. The average molecular weight is 642 g/mol. The van der Waals surface area contributed by atoms with Gasteiger partial charge in [0.1, 0.15) is 18.1 Å². The van der Waals surface area contributed by atoms with E-state index < -0.39 is 59.0 Å². The van der Waals surface area contributed by atoms with E-state index in [0.29, 0.717) is 36.9 Å². The van der Waals surface area contributed by atoms with Crippen molar-refractivity contribution >= 4 is 29.3 Å². The fourth-order valence-electron chi connectivity index (χ4n) is 10.4. The topological polar surface area (TPSA) is 152 Å². The Hall–Kier alpha value is -3.66. The van der Waals surface area contributed by atoms with Crippen LogP contribution in [0.15, 0.2) is 24.3 Å². The van der Waals surface area contributed by atoms with Crippen LogP contribution in [0.1, 0.15) is 70.3 Å². The molecule has 5 aliphatic carbocycles. The van der Waals surface area contributed by atoms with Crippen molar-refractivity contribution in [2.24, 2.45) is 34.5 Å². The number of hydrogen-bond acceptors (Lipinski definition) is 6. The average Bonchev–Trinajstić information content (AvgIpc) is 3.26. The van der Waals surface area contributed by atoms with E-state index in [1.807, 2.05) is 19.2 Å². The summed E-state index contributed by atoms with van der Waals surface area (Å²) in [6, 6.07) is 5.42. The lowest BCUT2D eigenvalue weighted by atomic mass is 9.46. The minimum Gasteiger partial charge on any atom is -0.390 e. The molecule has 3 unspecified atom stereocenters. The van der Waals surface area contributed by atoms with Crippen molar-refractivity contribution in [1.82, 2.24) is 15.5 Å². The summed E-state index contributed by atoms with van der Waals surface area (Å²) < 4.78 is 40.9. The summed E-state index contributed by atoms with van der Waals surface area (Å²) >= 11 is 0. The van der Waals surface area contributed by atoms with Crippen molar-refractivity contribution in [2.45, 2.75) is 94.6 Å². The molecule has 8 rings (SSSR count). The molecule has 2 aliphatic heterocycles. The highest BCUT2D eigenvalue weighted by atomic mass is 19.4. The number of aliphatic hydroxyl groups is 1. The van der Waals surface area contributed by atoms with Crippen molar-refractivity contribution in [3.05, 3.63) is 29.8 Å². The lowest BCUT2D eigenvalue weighted by molar-refractivity contribution is -0.191. The van der Waals surface area contributed by atoms with E-state index >= 15 is 0 Å². The van der Waals surface area contributed by atoms with Gasteiger partial charge in [-0.25, -0.2) is 0 Å². The van der Waals surface area contributed by atoms with Crippen LogP contribution in [0.2, 0.25) is 0 Å². The van der Waals surface area contributed by atoms with Crippen LogP contribution in [-0.2, 0) is 19.2 Å². The van der Waals surface area contributed by atoms with E-state index in [1.54, 1.807) is 24.3 Å². The lowest BCUT2D eigenvalue weighted by Gasteiger charge is -2.62. The second-order valence-electron chi connectivity index (χ2n) is 15.4. The van der Waals surface area contributed by atoms with Crippen LogP contribution in [0.5, 0.6) is 0 Å². The van der Waals surface area contributed by atoms with E-state index in [4.69, 9.17) is 0 Å². The Bertz CT molecular complexity index is 1540. The van der Waals surface area contributed by atoms with Crippen molar-refractivity contribution in [3.63, 3.8) is 0 Å². The number of benzene rings is 1. The molecule has 0 aromatic heterocycles. The zero-order valence-electron chi connectivity index (χ0n) is 25.7. The van der Waals surface area contributed by atoms with Gasteiger partial charge in [-0.2, -0.15) is 18.4 Å². The molecule has 246 valence electrons. The summed E-state index contributed by atoms with van der Waals surface area (Å²) in [6.07, 6.45) is -2.45. The van der Waals surface area contributed by atoms with Gasteiger partial charge in [0.2, 0.25) is 17.7 Å². The highest BCUT2D eigenvalue weighted by Crippen LogP contribution is 2.66. The number of piperidine rings is 1. The van der Waals surface area contributed by atoms with Crippen molar-refractivity contribution in [1.29, 1.82) is 5.26 Å². The molecule has 0 radical (unpaired) electrons. The van der Waals surface area contributed by atoms with E-state index in [1.165, 1.54) is 4.90 Å². The Morgan fingerprint density at radius 3 is 2.43 bits per heavy atom. The molecule has 1 aromatic carbocycles. The Morgan fingerprint density at radius 1 is 1.13 bits per heavy atom. The summed E-state index contributed by atoms with van der Waals surface area (Å²) in [4.78, 5) is 54.9. The zero-order chi connectivity index (χ0) is 33.0. The SMILES string of the molecule is CC1(C)[C@@H]2[C@@H](C(=O)N[C@H](C#N)CC3C(=O)Nc4ccccc43)N(C(=O)[C@@H](NC(=O)C(F)(F)F)C34CC5CC(CC(O)(C5)C3)C4)C[C@@H]21. The number of likely N-dealkylation sites (tertiary alicyclic amines) is 1. The van der Waals surface area contributed by atoms with Crippen LogP contribution >= 0.6 is 0 Å². The molecule has 1 saturated heterocycles. The Kier molecular flexibility index (Phi) is 6.84. The van der Waals surface area contributed by atoms with E-state index in [-0.39, 0.29) is 54.4 Å². The third kappa shape index (κ3) is 4.86. The third-order valence-corrected chi connectivity index (χ3v) is 12.1. The van der Waals surface area contributed by atoms with Crippen LogP contribution in [0.4, 0.5) is 18.9 Å². The summed E-state index contributed by atoms with van der Waals surface area (Å²) in [5.74, 6) is -4.90. The number of amides is 4. The maximum atomic E-state index is 14.5. The molecule has 4 N–H and O–H groups in total. The van der Waals surface area contributed by atoms with Crippen LogP contribution in [0.3, 0.4) is 0 Å². The molecule has 7 aliphatic rings. The number of nitrogens with zero attached hydrogens (tertiary/aromatic N) is 2. The second kappa shape index (κ2) is 10.2. The fourth-order valence-corrected chi connectivity index (χ4v) is 10.4. The molecule has 5 saturated carbocycles. The van der Waals surface area contributed by atoms with Crippen molar-refractivity contribution in [3.8, 4) is 6.07 Å². The summed E-state index contributed by atoms with van der Waals surface area (Å²) in [6.45, 7) is 4.04. The molecule has 2 heterocycles. The van der Waals surface area contributed by atoms with Gasteiger partial charge in [-0.3, -0.25) is 19.2 Å². The van der Waals surface area contributed by atoms with Gasteiger partial charge in [-0.1, -0.05) is 32.0 Å². The molecule has 4 bridgehead atoms. The molecule has 4 amide bonds. The maximum absolute atomic E-state index is 14.5. The van der Waals surface area contributed by atoms with Gasteiger partial charge in [0.05, 0.1) is 17.6 Å². The van der Waals surface area contributed by atoms with E-state index in [0.717, 1.165) is 6.42 Å². The minimum absolute atomic E-state index is 0.00201. The molecule has 0 spiro atoms. The molecular weight excluding hydrogens is 603 g/mol. The molecule has 6 fully saturated rings. The Labute approximate surface area is 264 Å². The number of carbonyl (C=O) groups excluding carboxylic acids is 4. The summed E-state index contributed by atoms with van der Waals surface area (Å²) in [5, 5.41) is 28.9. The standard InChI is InChI=1S/C33H38F3N5O5/c1-30(2)21-14-41(24(23(21)30)27(43)38-18(13-37)8-20-19-5-3-4-6-22(19)39-26(20)42)28(44)25(40-29(45)33(34,35)36)31-9-16-7-17(10-31)12-32(46,11-16)15-31/h3-6,16-18,20-21,23-25,46H,7-12,14-15H2,1-2H3,(H,38,43)(H,39,42)(H,40,45)/t16?,17?,18-,20?,21-,23-,24-,25+,31?,32?/m0/s1. The number of halogens is 3. The fraction of sp³-hybridized carbons (Fsp3) is 0.667. The van der Waals surface area contributed by atoms with Gasteiger partial charge in [-0.15, -0.1) is 0 Å². The molecular formula is C33H38F3N5O5. The molecule has 8 atom stereocenters. The number of nitrogens with one attached hydrogen (secondary N) is 3. The minimum atomic E-state index is -5.23. The summed E-state index contributed by atoms with van der Waals surface area (Å²) in [7, 11) is 0. The molecule has 13 heteroatoms. The van der Waals surface area contributed by atoms with E-state index in [2.05, 4.69) is 16.7 Å². The number of carbonyl (C=O) groups is 4. The highest BCUT2D eigenvalue weighted by Gasteiger charge is 2.71. The zero-order valence-corrected chi connectivity index (χ0v) is 25.7. The number of anilines is 1. The highest BCUT2D eigenvalue weighted by molar-refractivity contribution is 6.03. The number of nitriles is 1. The van der Waals surface area contributed by atoms with Crippen molar-refractivity contribution < 1.29 is 37.5 Å². The number of alkyl halides is 3.